The Bertz CT molecular complexity index is 983. The molecule has 3 aliphatic rings. The highest BCUT2D eigenvalue weighted by Gasteiger charge is 2.32. The molecule has 0 spiro atoms. The average molecular weight is 505 g/mol. The minimum Gasteiger partial charge on any atom is -0.460 e. The number of ether oxygens (including phenoxy) is 1. The van der Waals surface area contributed by atoms with Gasteiger partial charge in [-0.05, 0) is 20.4 Å². The van der Waals surface area contributed by atoms with Crippen LogP contribution >= 0.6 is 21.6 Å². The van der Waals surface area contributed by atoms with Gasteiger partial charge in [0.15, 0.2) is 0 Å². The molecule has 3 fully saturated rings. The summed E-state index contributed by atoms with van der Waals surface area (Å²) in [5.41, 5.74) is 0.906. The first kappa shape index (κ1) is 23.6. The molecule has 0 radical (unpaired) electrons. The Morgan fingerprint density at radius 2 is 1.91 bits per heavy atom. The van der Waals surface area contributed by atoms with E-state index in [-0.39, 0.29) is 17.3 Å². The molecule has 2 aromatic heterocycles. The maximum absolute atomic E-state index is 12.7. The molecule has 0 aliphatic carbocycles. The predicted molar refractivity (Wildman–Crippen MR) is 137 cm³/mol. The summed E-state index contributed by atoms with van der Waals surface area (Å²) < 4.78 is 6.27. The van der Waals surface area contributed by atoms with Gasteiger partial charge in [0.05, 0.1) is 10.9 Å². The Kier molecular flexibility index (Phi) is 7.35. The van der Waals surface area contributed by atoms with E-state index in [1.807, 2.05) is 24.0 Å². The van der Waals surface area contributed by atoms with Crippen LogP contribution in [0, 0.1) is 6.92 Å². The van der Waals surface area contributed by atoms with Crippen molar-refractivity contribution >= 4 is 44.9 Å². The number of nitrogens with zero attached hydrogens (tertiary/aromatic N) is 6. The number of likely N-dealkylation sites (tertiary alicyclic amines) is 1. The number of carbonyl (C=O) groups excluding carboxylic acids is 1. The SMILES string of the molecule is Cc1cc(Nc2cc(N3CCN(C)CC3)nc(OC3CCN(C(=O)C4CCSS4)CC3)n2)[nH]n1. The minimum atomic E-state index is -0.000329. The number of hydrogen-bond acceptors (Lipinski definition) is 10. The van der Waals surface area contributed by atoms with Gasteiger partial charge in [-0.3, -0.25) is 9.89 Å². The van der Waals surface area contributed by atoms with Crippen molar-refractivity contribution in [3.05, 3.63) is 17.8 Å². The van der Waals surface area contributed by atoms with Crippen LogP contribution in [-0.4, -0.2) is 99.3 Å². The van der Waals surface area contributed by atoms with E-state index in [0.717, 1.165) is 81.6 Å². The van der Waals surface area contributed by atoms with Crippen molar-refractivity contribution in [3.8, 4) is 6.01 Å². The lowest BCUT2D eigenvalue weighted by molar-refractivity contribution is -0.132. The Morgan fingerprint density at radius 3 is 2.59 bits per heavy atom. The molecule has 3 saturated heterocycles. The first-order chi connectivity index (χ1) is 16.5. The monoisotopic (exact) mass is 504 g/mol. The van der Waals surface area contributed by atoms with E-state index in [0.29, 0.717) is 11.8 Å². The smallest absolute Gasteiger partial charge is 0.320 e. The van der Waals surface area contributed by atoms with Gasteiger partial charge in [0.1, 0.15) is 23.6 Å². The molecule has 2 aromatic rings. The number of anilines is 3. The van der Waals surface area contributed by atoms with E-state index in [9.17, 15) is 4.79 Å². The summed E-state index contributed by atoms with van der Waals surface area (Å²) in [5.74, 6) is 3.66. The minimum absolute atomic E-state index is 0.000329. The van der Waals surface area contributed by atoms with E-state index in [4.69, 9.17) is 9.72 Å². The molecular weight excluding hydrogens is 472 g/mol. The van der Waals surface area contributed by atoms with Gasteiger partial charge >= 0.3 is 6.01 Å². The highest BCUT2D eigenvalue weighted by Crippen LogP contribution is 2.38. The number of carbonyl (C=O) groups is 1. The molecule has 5 heterocycles. The number of aromatic nitrogens is 4. The first-order valence-electron chi connectivity index (χ1n) is 11.9. The van der Waals surface area contributed by atoms with Crippen LogP contribution in [0.25, 0.3) is 0 Å². The number of piperazine rings is 1. The largest absolute Gasteiger partial charge is 0.460 e. The van der Waals surface area contributed by atoms with Crippen LogP contribution < -0.4 is 15.0 Å². The van der Waals surface area contributed by atoms with Crippen molar-refractivity contribution in [2.45, 2.75) is 37.5 Å². The number of nitrogens with one attached hydrogen (secondary N) is 2. The lowest BCUT2D eigenvalue weighted by Gasteiger charge is -2.34. The second kappa shape index (κ2) is 10.6. The zero-order valence-electron chi connectivity index (χ0n) is 19.7. The molecule has 0 aromatic carbocycles. The molecule has 1 atom stereocenters. The second-order valence-electron chi connectivity index (χ2n) is 9.07. The van der Waals surface area contributed by atoms with Gasteiger partial charge in [0.25, 0.3) is 0 Å². The molecule has 0 saturated carbocycles. The standard InChI is InChI=1S/C22H32N8O2S2/c1-15-13-19(27-26-15)23-18-14-20(29-10-8-28(2)9-11-29)25-22(24-18)32-16-3-6-30(7-4-16)21(31)17-5-12-33-34-17/h13-14,16-17H,3-12H2,1-2H3,(H2,23,24,25,26,27). The van der Waals surface area contributed by atoms with E-state index in [2.05, 4.69) is 37.3 Å². The second-order valence-corrected chi connectivity index (χ2v) is 11.8. The maximum Gasteiger partial charge on any atom is 0.320 e. The number of H-pyrrole nitrogens is 1. The van der Waals surface area contributed by atoms with Crippen LogP contribution in [-0.2, 0) is 4.79 Å². The highest BCUT2D eigenvalue weighted by molar-refractivity contribution is 8.77. The van der Waals surface area contributed by atoms with E-state index < -0.39 is 0 Å². The number of amides is 1. The summed E-state index contributed by atoms with van der Waals surface area (Å²) in [6.07, 6.45) is 2.56. The van der Waals surface area contributed by atoms with Crippen molar-refractivity contribution in [2.24, 2.45) is 0 Å². The molecule has 5 rings (SSSR count). The summed E-state index contributed by atoms with van der Waals surface area (Å²) in [5, 5.41) is 10.6. The molecule has 1 amide bonds. The third kappa shape index (κ3) is 5.72. The van der Waals surface area contributed by atoms with Gasteiger partial charge in [-0.15, -0.1) is 0 Å². The lowest BCUT2D eigenvalue weighted by Crippen LogP contribution is -2.45. The quantitative estimate of drug-likeness (QED) is 0.571. The number of aryl methyl sites for hydroxylation is 1. The summed E-state index contributed by atoms with van der Waals surface area (Å²) in [4.78, 5) is 28.7. The molecular formula is C22H32N8O2S2. The van der Waals surface area contributed by atoms with Gasteiger partial charge in [0.2, 0.25) is 5.91 Å². The summed E-state index contributed by atoms with van der Waals surface area (Å²) in [6.45, 7) is 7.19. The van der Waals surface area contributed by atoms with Gasteiger partial charge < -0.3 is 24.8 Å². The summed E-state index contributed by atoms with van der Waals surface area (Å²) in [7, 11) is 5.66. The number of likely N-dealkylation sites (N-methyl/N-ethyl adjacent to an activating group) is 1. The predicted octanol–water partition coefficient (Wildman–Crippen LogP) is 2.53. The van der Waals surface area contributed by atoms with Crippen molar-refractivity contribution in [3.63, 3.8) is 0 Å². The fourth-order valence-corrected chi connectivity index (χ4v) is 7.19. The number of hydrogen-bond donors (Lipinski definition) is 2. The third-order valence-electron chi connectivity index (χ3n) is 6.44. The molecule has 34 heavy (non-hydrogen) atoms. The molecule has 2 N–H and O–H groups in total. The topological polar surface area (TPSA) is 103 Å². The third-order valence-corrected chi connectivity index (χ3v) is 9.25. The number of rotatable bonds is 6. The zero-order chi connectivity index (χ0) is 23.5. The molecule has 0 bridgehead atoms. The lowest BCUT2D eigenvalue weighted by atomic mass is 10.1. The Morgan fingerprint density at radius 1 is 1.12 bits per heavy atom. The fourth-order valence-electron chi connectivity index (χ4n) is 4.40. The Balaban J connectivity index is 1.26. The number of aromatic amines is 1. The van der Waals surface area contributed by atoms with Crippen molar-refractivity contribution in [2.75, 3.05) is 62.3 Å². The molecule has 12 heteroatoms. The molecule has 1 unspecified atom stereocenters. The molecule has 3 aliphatic heterocycles. The van der Waals surface area contributed by atoms with Crippen molar-refractivity contribution in [1.29, 1.82) is 0 Å². The fraction of sp³-hybridized carbons (Fsp3) is 0.636. The Hall–Kier alpha value is -2.18. The Labute approximate surface area is 208 Å². The maximum atomic E-state index is 12.7. The van der Waals surface area contributed by atoms with Gasteiger partial charge in [0, 0.05) is 70.0 Å². The highest BCUT2D eigenvalue weighted by atomic mass is 33.1. The number of piperidine rings is 1. The molecule has 10 nitrogen and oxygen atoms in total. The van der Waals surface area contributed by atoms with Crippen LogP contribution in [0.2, 0.25) is 0 Å². The summed E-state index contributed by atoms with van der Waals surface area (Å²) in [6, 6.07) is 4.28. The first-order valence-corrected chi connectivity index (χ1v) is 14.3. The van der Waals surface area contributed by atoms with Crippen LogP contribution in [0.5, 0.6) is 6.01 Å². The van der Waals surface area contributed by atoms with Gasteiger partial charge in [-0.1, -0.05) is 21.6 Å². The van der Waals surface area contributed by atoms with E-state index >= 15 is 0 Å². The van der Waals surface area contributed by atoms with Crippen LogP contribution in [0.1, 0.15) is 25.0 Å². The van der Waals surface area contributed by atoms with Gasteiger partial charge in [-0.25, -0.2) is 0 Å². The average Bonchev–Trinajstić information content (AvgIpc) is 3.52. The van der Waals surface area contributed by atoms with Crippen LogP contribution in [0.15, 0.2) is 12.1 Å². The van der Waals surface area contributed by atoms with Crippen LogP contribution in [0.4, 0.5) is 17.5 Å². The van der Waals surface area contributed by atoms with Crippen LogP contribution in [0.3, 0.4) is 0 Å². The van der Waals surface area contributed by atoms with Crippen molar-refractivity contribution in [1.82, 2.24) is 30.0 Å². The van der Waals surface area contributed by atoms with E-state index in [1.54, 1.807) is 21.6 Å². The van der Waals surface area contributed by atoms with Crippen molar-refractivity contribution < 1.29 is 9.53 Å². The molecule has 184 valence electrons. The summed E-state index contributed by atoms with van der Waals surface area (Å²) >= 11 is 0. The zero-order valence-corrected chi connectivity index (χ0v) is 21.3. The normalized spacial score (nSPS) is 22.2. The van der Waals surface area contributed by atoms with E-state index in [1.165, 1.54) is 0 Å². The van der Waals surface area contributed by atoms with Gasteiger partial charge in [-0.2, -0.15) is 15.1 Å².